The van der Waals surface area contributed by atoms with Gasteiger partial charge in [-0.2, -0.15) is 0 Å². The molecule has 10 heteroatoms. The first-order valence-electron chi connectivity index (χ1n) is 18.6. The average molecular weight is 689 g/mol. The van der Waals surface area contributed by atoms with Gasteiger partial charge >= 0.3 is 19.8 Å². The van der Waals surface area contributed by atoms with Gasteiger partial charge in [0.25, 0.3) is 0 Å². The van der Waals surface area contributed by atoms with E-state index in [4.69, 9.17) is 18.5 Å². The van der Waals surface area contributed by atoms with Gasteiger partial charge in [0.1, 0.15) is 19.8 Å². The molecule has 1 unspecified atom stereocenters. The summed E-state index contributed by atoms with van der Waals surface area (Å²) in [6.07, 6.45) is 29.4. The number of phosphoric acid groups is 1. The van der Waals surface area contributed by atoms with Crippen molar-refractivity contribution in [1.82, 2.24) is 0 Å². The molecule has 0 amide bonds. The van der Waals surface area contributed by atoms with Crippen LogP contribution in [-0.2, 0) is 32.7 Å². The molecule has 9 nitrogen and oxygen atoms in total. The smallest absolute Gasteiger partial charge is 0.462 e. The molecule has 0 aromatic rings. The van der Waals surface area contributed by atoms with Crippen molar-refractivity contribution in [3.8, 4) is 0 Å². The summed E-state index contributed by atoms with van der Waals surface area (Å²) in [5.41, 5.74) is 0. The van der Waals surface area contributed by atoms with Crippen molar-refractivity contribution >= 4 is 19.8 Å². The molecule has 0 bridgehead atoms. The number of likely N-dealkylation sites (N-methyl/N-ethyl adjacent to an activating group) is 1. The molecular formula is C37H71NO8P+. The van der Waals surface area contributed by atoms with E-state index in [1.165, 1.54) is 38.5 Å². The van der Waals surface area contributed by atoms with Gasteiger partial charge in [0.05, 0.1) is 27.7 Å². The lowest BCUT2D eigenvalue weighted by atomic mass is 10.1. The third kappa shape index (κ3) is 34.2. The first kappa shape index (κ1) is 45.5. The maximum Gasteiger partial charge on any atom is 0.472 e. The fraction of sp³-hybridized carbons (Fsp3) is 0.838. The molecular weight excluding hydrogens is 617 g/mol. The van der Waals surface area contributed by atoms with Gasteiger partial charge in [-0.25, -0.2) is 4.57 Å². The second kappa shape index (κ2) is 30.5. The summed E-state index contributed by atoms with van der Waals surface area (Å²) < 4.78 is 34.1. The number of hydrogen-bond donors (Lipinski definition) is 1. The number of allylic oxidation sites excluding steroid dienone is 4. The zero-order chi connectivity index (χ0) is 35.1. The Hall–Kier alpha value is -1.51. The van der Waals surface area contributed by atoms with Crippen LogP contribution >= 0.6 is 7.82 Å². The summed E-state index contributed by atoms with van der Waals surface area (Å²) in [6, 6.07) is 0. The van der Waals surface area contributed by atoms with E-state index in [0.29, 0.717) is 17.4 Å². The Morgan fingerprint density at radius 3 is 1.66 bits per heavy atom. The molecule has 0 fully saturated rings. The maximum atomic E-state index is 12.6. The number of esters is 2. The predicted molar refractivity (Wildman–Crippen MR) is 192 cm³/mol. The van der Waals surface area contributed by atoms with Gasteiger partial charge in [0.2, 0.25) is 0 Å². The monoisotopic (exact) mass is 688 g/mol. The number of unbranched alkanes of at least 4 members (excludes halogenated alkanes) is 15. The predicted octanol–water partition coefficient (Wildman–Crippen LogP) is 9.63. The molecule has 0 aliphatic heterocycles. The van der Waals surface area contributed by atoms with E-state index in [0.717, 1.165) is 77.0 Å². The van der Waals surface area contributed by atoms with Crippen molar-refractivity contribution in [2.24, 2.45) is 0 Å². The van der Waals surface area contributed by atoms with Crippen molar-refractivity contribution in [2.45, 2.75) is 155 Å². The van der Waals surface area contributed by atoms with Crippen molar-refractivity contribution in [3.63, 3.8) is 0 Å². The Labute approximate surface area is 288 Å². The van der Waals surface area contributed by atoms with E-state index in [9.17, 15) is 19.0 Å². The van der Waals surface area contributed by atoms with Crippen molar-refractivity contribution in [1.29, 1.82) is 0 Å². The van der Waals surface area contributed by atoms with Gasteiger partial charge in [0.15, 0.2) is 6.10 Å². The Morgan fingerprint density at radius 1 is 0.638 bits per heavy atom. The van der Waals surface area contributed by atoms with Crippen LogP contribution in [0.5, 0.6) is 0 Å². The highest BCUT2D eigenvalue weighted by Gasteiger charge is 2.27. The van der Waals surface area contributed by atoms with Crippen LogP contribution in [-0.4, -0.2) is 74.9 Å². The van der Waals surface area contributed by atoms with Gasteiger partial charge in [-0.15, -0.1) is 0 Å². The summed E-state index contributed by atoms with van der Waals surface area (Å²) in [5, 5.41) is 0. The molecule has 0 aliphatic rings. The van der Waals surface area contributed by atoms with Gasteiger partial charge in [-0.05, 0) is 57.8 Å². The van der Waals surface area contributed by atoms with Crippen LogP contribution in [0.2, 0.25) is 0 Å². The summed E-state index contributed by atoms with van der Waals surface area (Å²) in [5.74, 6) is -0.824. The molecule has 0 aromatic carbocycles. The van der Waals surface area contributed by atoms with E-state index in [2.05, 4.69) is 38.2 Å². The molecule has 2 atom stereocenters. The van der Waals surface area contributed by atoms with Crippen LogP contribution < -0.4 is 0 Å². The topological polar surface area (TPSA) is 108 Å². The number of nitrogens with zero attached hydrogens (tertiary/aromatic N) is 1. The summed E-state index contributed by atoms with van der Waals surface area (Å²) in [7, 11) is 1.46. The molecule has 0 saturated carbocycles. The highest BCUT2D eigenvalue weighted by molar-refractivity contribution is 7.47. The number of quaternary nitrogens is 1. The van der Waals surface area contributed by atoms with E-state index in [1.807, 2.05) is 21.1 Å². The Kier molecular flexibility index (Phi) is 29.6. The standard InChI is InChI=1S/C37H70NO8P/c1-6-8-10-12-14-16-18-19-20-22-23-25-27-29-36(39)43-33-35(34-45-47(41,42)44-32-31-38(3,4)5)46-37(40)30-28-26-24-21-17-15-13-11-9-7-2/h11,13,16,18,35H,6-10,12,14-15,17,19-34H2,1-5H3/p+1/b13-11-,18-16-/t35-/m1/s1. The zero-order valence-electron chi connectivity index (χ0n) is 30.8. The highest BCUT2D eigenvalue weighted by atomic mass is 31.2. The minimum atomic E-state index is -4.36. The average Bonchev–Trinajstić information content (AvgIpc) is 3.01. The van der Waals surface area contributed by atoms with Crippen LogP contribution in [0.25, 0.3) is 0 Å². The molecule has 47 heavy (non-hydrogen) atoms. The summed E-state index contributed by atoms with van der Waals surface area (Å²) >= 11 is 0. The number of rotatable bonds is 33. The zero-order valence-corrected chi connectivity index (χ0v) is 31.7. The van der Waals surface area contributed by atoms with Crippen molar-refractivity contribution in [3.05, 3.63) is 24.3 Å². The van der Waals surface area contributed by atoms with E-state index in [-0.39, 0.29) is 32.0 Å². The van der Waals surface area contributed by atoms with Crippen LogP contribution in [0.3, 0.4) is 0 Å². The van der Waals surface area contributed by atoms with E-state index in [1.54, 1.807) is 0 Å². The summed E-state index contributed by atoms with van der Waals surface area (Å²) in [6.45, 7) is 4.30. The quantitative estimate of drug-likeness (QED) is 0.0239. The van der Waals surface area contributed by atoms with Gasteiger partial charge in [-0.1, -0.05) is 102 Å². The Balaban J connectivity index is 4.47. The van der Waals surface area contributed by atoms with Gasteiger partial charge in [0, 0.05) is 12.8 Å². The third-order valence-electron chi connectivity index (χ3n) is 7.68. The van der Waals surface area contributed by atoms with Crippen molar-refractivity contribution in [2.75, 3.05) is 47.5 Å². The van der Waals surface area contributed by atoms with E-state index < -0.39 is 26.5 Å². The lowest BCUT2D eigenvalue weighted by Crippen LogP contribution is -2.37. The summed E-state index contributed by atoms with van der Waals surface area (Å²) in [4.78, 5) is 35.1. The first-order chi connectivity index (χ1) is 22.5. The fourth-order valence-corrected chi connectivity index (χ4v) is 5.46. The second-order valence-electron chi connectivity index (χ2n) is 13.6. The first-order valence-corrected chi connectivity index (χ1v) is 20.1. The number of carbonyl (C=O) groups excluding carboxylic acids is 2. The molecule has 276 valence electrons. The molecule has 1 N–H and O–H groups in total. The lowest BCUT2D eigenvalue weighted by molar-refractivity contribution is -0.870. The molecule has 0 spiro atoms. The lowest BCUT2D eigenvalue weighted by Gasteiger charge is -2.24. The molecule has 0 rings (SSSR count). The van der Waals surface area contributed by atoms with Crippen LogP contribution in [0.4, 0.5) is 0 Å². The largest absolute Gasteiger partial charge is 0.472 e. The van der Waals surface area contributed by atoms with Crippen LogP contribution in [0.1, 0.15) is 149 Å². The maximum absolute atomic E-state index is 12.6. The van der Waals surface area contributed by atoms with Gasteiger partial charge in [-0.3, -0.25) is 18.6 Å². The van der Waals surface area contributed by atoms with Crippen molar-refractivity contribution < 1.29 is 42.1 Å². The van der Waals surface area contributed by atoms with E-state index >= 15 is 0 Å². The normalized spacial score (nSPS) is 14.1. The second-order valence-corrected chi connectivity index (χ2v) is 15.1. The number of ether oxygens (including phenoxy) is 2. The highest BCUT2D eigenvalue weighted by Crippen LogP contribution is 2.43. The molecule has 0 aliphatic carbocycles. The Morgan fingerprint density at radius 2 is 1.13 bits per heavy atom. The minimum Gasteiger partial charge on any atom is -0.462 e. The SMILES string of the molecule is CCC/C=C\CCCCCCCC(=O)O[C@H](COC(=O)CCCCCCC/C=C\CCCCCC)COP(=O)(O)OCC[N+](C)(C)C. The molecule has 0 radical (unpaired) electrons. The number of carbonyl (C=O) groups is 2. The van der Waals surface area contributed by atoms with Gasteiger partial charge < -0.3 is 18.9 Å². The molecule has 0 saturated heterocycles. The minimum absolute atomic E-state index is 0.0293. The number of phosphoric ester groups is 1. The van der Waals surface area contributed by atoms with Crippen LogP contribution in [0.15, 0.2) is 24.3 Å². The Bertz CT molecular complexity index is 871. The van der Waals surface area contributed by atoms with Crippen LogP contribution in [0, 0.1) is 0 Å². The molecule has 0 aromatic heterocycles. The fourth-order valence-electron chi connectivity index (χ4n) is 4.71. The third-order valence-corrected chi connectivity index (χ3v) is 8.67. The molecule has 0 heterocycles. The number of hydrogen-bond acceptors (Lipinski definition) is 7.